The second kappa shape index (κ2) is 7.27. The molecule has 19 heavy (non-hydrogen) atoms. The second-order valence-electron chi connectivity index (χ2n) is 4.83. The van der Waals surface area contributed by atoms with Gasteiger partial charge in [0.25, 0.3) is 5.91 Å². The van der Waals surface area contributed by atoms with Crippen molar-refractivity contribution in [3.8, 4) is 0 Å². The molecular formula is C14H20BrClN2O. The molecule has 0 aliphatic heterocycles. The normalized spacial score (nSPS) is 12.6. The van der Waals surface area contributed by atoms with Crippen molar-refractivity contribution < 1.29 is 4.79 Å². The summed E-state index contributed by atoms with van der Waals surface area (Å²) in [7, 11) is 4.02. The first-order valence-corrected chi connectivity index (χ1v) is 7.44. The molecule has 1 atom stereocenters. The van der Waals surface area contributed by atoms with Gasteiger partial charge in [0.2, 0.25) is 0 Å². The van der Waals surface area contributed by atoms with Crippen LogP contribution in [-0.4, -0.2) is 48.9 Å². The van der Waals surface area contributed by atoms with E-state index in [0.29, 0.717) is 17.1 Å². The lowest BCUT2D eigenvalue weighted by Crippen LogP contribution is -2.43. The summed E-state index contributed by atoms with van der Waals surface area (Å²) in [6.07, 6.45) is 0. The van der Waals surface area contributed by atoms with Crippen LogP contribution in [0.3, 0.4) is 0 Å². The van der Waals surface area contributed by atoms with Gasteiger partial charge in [-0.25, -0.2) is 0 Å². The smallest absolute Gasteiger partial charge is 0.254 e. The predicted octanol–water partition coefficient (Wildman–Crippen LogP) is 3.51. The average Bonchev–Trinajstić information content (AvgIpc) is 2.32. The van der Waals surface area contributed by atoms with E-state index in [4.69, 9.17) is 11.6 Å². The molecule has 1 aromatic carbocycles. The number of amides is 1. The molecule has 0 radical (unpaired) electrons. The zero-order chi connectivity index (χ0) is 14.6. The fourth-order valence-corrected chi connectivity index (χ4v) is 2.57. The molecule has 0 aliphatic rings. The summed E-state index contributed by atoms with van der Waals surface area (Å²) in [5, 5.41) is 0.612. The molecule has 0 heterocycles. The first kappa shape index (κ1) is 16.5. The second-order valence-corrected chi connectivity index (χ2v) is 6.09. The predicted molar refractivity (Wildman–Crippen MR) is 83.9 cm³/mol. The van der Waals surface area contributed by atoms with Crippen molar-refractivity contribution in [1.82, 2.24) is 9.80 Å². The summed E-state index contributed by atoms with van der Waals surface area (Å²) in [4.78, 5) is 16.5. The summed E-state index contributed by atoms with van der Waals surface area (Å²) in [5.41, 5.74) is 0.656. The van der Waals surface area contributed by atoms with Crippen LogP contribution in [0.4, 0.5) is 0 Å². The molecule has 1 rings (SSSR count). The molecule has 0 aliphatic carbocycles. The molecule has 0 saturated carbocycles. The van der Waals surface area contributed by atoms with Gasteiger partial charge >= 0.3 is 0 Å². The SMILES string of the molecule is CCN(C(=O)c1ccc(Cl)c(Br)c1)C(C)CN(C)C. The molecule has 0 spiro atoms. The number of hydrogen-bond donors (Lipinski definition) is 0. The summed E-state index contributed by atoms with van der Waals surface area (Å²) in [5.74, 6) is 0.0363. The lowest BCUT2D eigenvalue weighted by molar-refractivity contribution is 0.0679. The van der Waals surface area contributed by atoms with Gasteiger partial charge in [0.15, 0.2) is 0 Å². The van der Waals surface area contributed by atoms with Gasteiger partial charge in [0.05, 0.1) is 5.02 Å². The number of carbonyl (C=O) groups is 1. The monoisotopic (exact) mass is 346 g/mol. The molecule has 1 aromatic rings. The van der Waals surface area contributed by atoms with Gasteiger partial charge in [0.1, 0.15) is 0 Å². The Labute approximate surface area is 128 Å². The summed E-state index contributed by atoms with van der Waals surface area (Å²) >= 11 is 9.30. The number of nitrogens with zero attached hydrogens (tertiary/aromatic N) is 2. The third kappa shape index (κ3) is 4.48. The number of likely N-dealkylation sites (N-methyl/N-ethyl adjacent to an activating group) is 2. The molecule has 0 saturated heterocycles. The molecule has 0 bridgehead atoms. The van der Waals surface area contributed by atoms with Crippen LogP contribution in [0.25, 0.3) is 0 Å². The Morgan fingerprint density at radius 2 is 2.05 bits per heavy atom. The zero-order valence-corrected chi connectivity index (χ0v) is 14.1. The third-order valence-corrected chi connectivity index (χ3v) is 4.14. The Balaban J connectivity index is 2.91. The first-order chi connectivity index (χ1) is 8.86. The van der Waals surface area contributed by atoms with Crippen molar-refractivity contribution in [2.45, 2.75) is 19.9 Å². The van der Waals surface area contributed by atoms with Gasteiger partial charge in [-0.15, -0.1) is 0 Å². The number of halogens is 2. The quantitative estimate of drug-likeness (QED) is 0.813. The van der Waals surface area contributed by atoms with E-state index in [2.05, 4.69) is 27.8 Å². The molecule has 1 unspecified atom stereocenters. The Hall–Kier alpha value is -0.580. The average molecular weight is 348 g/mol. The topological polar surface area (TPSA) is 23.6 Å². The Kier molecular flexibility index (Phi) is 6.30. The molecule has 106 valence electrons. The standard InChI is InChI=1S/C14H20BrClN2O/c1-5-18(10(2)9-17(3)4)14(19)11-6-7-13(16)12(15)8-11/h6-8,10H,5,9H2,1-4H3. The fourth-order valence-electron chi connectivity index (χ4n) is 2.08. The zero-order valence-electron chi connectivity index (χ0n) is 11.8. The molecule has 5 heteroatoms. The van der Waals surface area contributed by atoms with Crippen molar-refractivity contribution in [1.29, 1.82) is 0 Å². The van der Waals surface area contributed by atoms with Crippen LogP contribution in [-0.2, 0) is 0 Å². The van der Waals surface area contributed by atoms with E-state index in [1.807, 2.05) is 25.9 Å². The maximum absolute atomic E-state index is 12.5. The maximum atomic E-state index is 12.5. The van der Waals surface area contributed by atoms with Crippen LogP contribution < -0.4 is 0 Å². The van der Waals surface area contributed by atoms with Crippen LogP contribution in [0.1, 0.15) is 24.2 Å². The van der Waals surface area contributed by atoms with Gasteiger partial charge in [-0.2, -0.15) is 0 Å². The van der Waals surface area contributed by atoms with Gasteiger partial charge in [-0.1, -0.05) is 11.6 Å². The van der Waals surface area contributed by atoms with Crippen molar-refractivity contribution in [3.05, 3.63) is 33.3 Å². The summed E-state index contributed by atoms with van der Waals surface area (Å²) in [6, 6.07) is 5.45. The largest absolute Gasteiger partial charge is 0.335 e. The van der Waals surface area contributed by atoms with Crippen LogP contribution in [0.15, 0.2) is 22.7 Å². The summed E-state index contributed by atoms with van der Waals surface area (Å²) < 4.78 is 0.747. The Morgan fingerprint density at radius 1 is 1.42 bits per heavy atom. The Bertz CT molecular complexity index is 451. The van der Waals surface area contributed by atoms with Crippen molar-refractivity contribution in [2.24, 2.45) is 0 Å². The number of carbonyl (C=O) groups excluding carboxylic acids is 1. The molecule has 3 nitrogen and oxygen atoms in total. The summed E-state index contributed by atoms with van der Waals surface area (Å²) in [6.45, 7) is 5.59. The van der Waals surface area contributed by atoms with Gasteiger partial charge in [-0.3, -0.25) is 4.79 Å². The molecule has 0 aromatic heterocycles. The van der Waals surface area contributed by atoms with Crippen LogP contribution >= 0.6 is 27.5 Å². The van der Waals surface area contributed by atoms with Gasteiger partial charge in [-0.05, 0) is 62.1 Å². The third-order valence-electron chi connectivity index (χ3n) is 2.93. The Morgan fingerprint density at radius 3 is 2.53 bits per heavy atom. The lowest BCUT2D eigenvalue weighted by Gasteiger charge is -2.30. The van der Waals surface area contributed by atoms with E-state index < -0.39 is 0 Å². The van der Waals surface area contributed by atoms with E-state index >= 15 is 0 Å². The van der Waals surface area contributed by atoms with E-state index in [0.717, 1.165) is 11.0 Å². The van der Waals surface area contributed by atoms with E-state index in [-0.39, 0.29) is 11.9 Å². The molecule has 0 N–H and O–H groups in total. The van der Waals surface area contributed by atoms with Crippen LogP contribution in [0.2, 0.25) is 5.02 Å². The van der Waals surface area contributed by atoms with E-state index in [9.17, 15) is 4.79 Å². The number of hydrogen-bond acceptors (Lipinski definition) is 2. The minimum atomic E-state index is 0.0363. The maximum Gasteiger partial charge on any atom is 0.254 e. The molecule has 1 amide bonds. The number of rotatable bonds is 5. The fraction of sp³-hybridized carbons (Fsp3) is 0.500. The van der Waals surface area contributed by atoms with Gasteiger partial charge in [0, 0.05) is 29.2 Å². The minimum Gasteiger partial charge on any atom is -0.335 e. The number of benzene rings is 1. The van der Waals surface area contributed by atoms with E-state index in [1.54, 1.807) is 18.2 Å². The lowest BCUT2D eigenvalue weighted by atomic mass is 10.1. The highest BCUT2D eigenvalue weighted by Gasteiger charge is 2.20. The minimum absolute atomic E-state index is 0.0363. The molecular weight excluding hydrogens is 328 g/mol. The molecule has 0 fully saturated rings. The van der Waals surface area contributed by atoms with Crippen LogP contribution in [0.5, 0.6) is 0 Å². The van der Waals surface area contributed by atoms with E-state index in [1.165, 1.54) is 0 Å². The van der Waals surface area contributed by atoms with Crippen LogP contribution in [0, 0.1) is 0 Å². The van der Waals surface area contributed by atoms with Crippen molar-refractivity contribution in [2.75, 3.05) is 27.2 Å². The van der Waals surface area contributed by atoms with Crippen molar-refractivity contribution in [3.63, 3.8) is 0 Å². The highest BCUT2D eigenvalue weighted by Crippen LogP contribution is 2.24. The van der Waals surface area contributed by atoms with Crippen molar-refractivity contribution >= 4 is 33.4 Å². The highest BCUT2D eigenvalue weighted by molar-refractivity contribution is 9.10. The van der Waals surface area contributed by atoms with Gasteiger partial charge < -0.3 is 9.80 Å². The highest BCUT2D eigenvalue weighted by atomic mass is 79.9. The first-order valence-electron chi connectivity index (χ1n) is 6.27.